The third kappa shape index (κ3) is 63.7. The van der Waals surface area contributed by atoms with Crippen molar-refractivity contribution < 1.29 is 28.6 Å². The number of carbonyl (C=O) groups excluding carboxylic acids is 3. The molecule has 0 aromatic carbocycles. The summed E-state index contributed by atoms with van der Waals surface area (Å²) in [6.45, 7) is 6.33. The predicted octanol–water partition coefficient (Wildman–Crippen LogP) is 22.1. The van der Waals surface area contributed by atoms with Gasteiger partial charge in [-0.2, -0.15) is 0 Å². The molecule has 0 amide bonds. The molecule has 1 atom stereocenters. The van der Waals surface area contributed by atoms with Gasteiger partial charge >= 0.3 is 17.9 Å². The molecule has 1 unspecified atom stereocenters. The van der Waals surface area contributed by atoms with E-state index < -0.39 is 6.10 Å². The molecule has 6 nitrogen and oxygen atoms in total. The van der Waals surface area contributed by atoms with Gasteiger partial charge in [0.15, 0.2) is 6.10 Å². The molecule has 0 aromatic heterocycles. The summed E-state index contributed by atoms with van der Waals surface area (Å²) < 4.78 is 16.9. The minimum atomic E-state index is -0.809. The minimum absolute atomic E-state index is 0.103. The van der Waals surface area contributed by atoms with E-state index in [-0.39, 0.29) is 37.5 Å². The molecule has 79 heavy (non-hydrogen) atoms. The third-order valence-electron chi connectivity index (χ3n) is 13.0. The van der Waals surface area contributed by atoms with Gasteiger partial charge in [0.2, 0.25) is 0 Å². The van der Waals surface area contributed by atoms with Crippen LogP contribution in [0.15, 0.2) is 158 Å². The first-order valence-electron chi connectivity index (χ1n) is 32.0. The monoisotopic (exact) mass is 1090 g/mol. The molecule has 0 fully saturated rings. The number of rotatable bonds is 56. The first-order chi connectivity index (χ1) is 39.0. The Balaban J connectivity index is 4.33. The molecule has 0 aromatic rings. The normalized spacial score (nSPS) is 13.2. The first-order valence-corrected chi connectivity index (χ1v) is 32.0. The van der Waals surface area contributed by atoms with Gasteiger partial charge < -0.3 is 14.2 Å². The lowest BCUT2D eigenvalue weighted by Gasteiger charge is -2.18. The summed E-state index contributed by atoms with van der Waals surface area (Å²) in [5, 5.41) is 0. The van der Waals surface area contributed by atoms with Gasteiger partial charge in [-0.1, -0.05) is 262 Å². The van der Waals surface area contributed by atoms with E-state index in [9.17, 15) is 14.4 Å². The van der Waals surface area contributed by atoms with Crippen LogP contribution in [0.2, 0.25) is 0 Å². The van der Waals surface area contributed by atoms with Crippen molar-refractivity contribution in [1.82, 2.24) is 0 Å². The smallest absolute Gasteiger partial charge is 0.306 e. The summed E-state index contributed by atoms with van der Waals surface area (Å²) in [5.74, 6) is -0.955. The SMILES string of the molecule is CC/C=C\C/C=C\C/C=C\C/C=C\C/C=C\C/C=C\C/C=C\CCCCCCCCCCCC(=O)OCC(COC(=O)CCCCCCC/C=C\CCCC)OC(=O)CCCCC/C=C\C/C=C\C/C=C\C/C=C\C/C=C\CC. The summed E-state index contributed by atoms with van der Waals surface area (Å²) >= 11 is 0. The molecule has 6 heteroatoms. The van der Waals surface area contributed by atoms with Gasteiger partial charge in [-0.15, -0.1) is 0 Å². The number of ether oxygens (including phenoxy) is 3. The highest BCUT2D eigenvalue weighted by molar-refractivity contribution is 5.71. The largest absolute Gasteiger partial charge is 0.462 e. The van der Waals surface area contributed by atoms with Crippen molar-refractivity contribution in [2.45, 2.75) is 271 Å². The van der Waals surface area contributed by atoms with Gasteiger partial charge in [0.1, 0.15) is 13.2 Å². The van der Waals surface area contributed by atoms with E-state index >= 15 is 0 Å². The van der Waals surface area contributed by atoms with E-state index in [4.69, 9.17) is 14.2 Å². The van der Waals surface area contributed by atoms with E-state index in [2.05, 4.69) is 179 Å². The number of hydrogen-bond acceptors (Lipinski definition) is 6. The third-order valence-corrected chi connectivity index (χ3v) is 13.0. The fourth-order valence-corrected chi connectivity index (χ4v) is 8.25. The van der Waals surface area contributed by atoms with Crippen LogP contribution in [0, 0.1) is 0 Å². The van der Waals surface area contributed by atoms with E-state index in [0.29, 0.717) is 12.8 Å². The lowest BCUT2D eigenvalue weighted by Crippen LogP contribution is -2.30. The van der Waals surface area contributed by atoms with Crippen LogP contribution >= 0.6 is 0 Å². The van der Waals surface area contributed by atoms with Crippen LogP contribution in [-0.4, -0.2) is 37.2 Å². The molecule has 0 aliphatic heterocycles. The van der Waals surface area contributed by atoms with Crippen LogP contribution in [-0.2, 0) is 28.6 Å². The lowest BCUT2D eigenvalue weighted by atomic mass is 10.1. The minimum Gasteiger partial charge on any atom is -0.462 e. The molecule has 0 heterocycles. The molecular weight excluding hydrogens is 973 g/mol. The maximum atomic E-state index is 12.9. The van der Waals surface area contributed by atoms with Crippen molar-refractivity contribution >= 4 is 17.9 Å². The maximum absolute atomic E-state index is 12.9. The molecule has 0 saturated carbocycles. The van der Waals surface area contributed by atoms with E-state index in [1.807, 2.05) is 0 Å². The lowest BCUT2D eigenvalue weighted by molar-refractivity contribution is -0.167. The zero-order valence-corrected chi connectivity index (χ0v) is 50.8. The topological polar surface area (TPSA) is 78.9 Å². The number of allylic oxidation sites excluding steroid dienone is 26. The summed E-state index contributed by atoms with van der Waals surface area (Å²) in [4.78, 5) is 38.2. The van der Waals surface area contributed by atoms with Crippen molar-refractivity contribution in [2.75, 3.05) is 13.2 Å². The van der Waals surface area contributed by atoms with Crippen LogP contribution < -0.4 is 0 Å². The molecule has 0 bridgehead atoms. The Morgan fingerprint density at radius 3 is 0.797 bits per heavy atom. The summed E-state index contributed by atoms with van der Waals surface area (Å²) in [6.07, 6.45) is 95.4. The van der Waals surface area contributed by atoms with E-state index in [1.54, 1.807) is 0 Å². The van der Waals surface area contributed by atoms with Crippen molar-refractivity contribution in [3.05, 3.63) is 158 Å². The molecule has 0 radical (unpaired) electrons. The fraction of sp³-hybridized carbons (Fsp3) is 0.603. The highest BCUT2D eigenvalue weighted by Gasteiger charge is 2.19. The van der Waals surface area contributed by atoms with Crippen LogP contribution in [0.3, 0.4) is 0 Å². The Bertz CT molecular complexity index is 1780. The summed E-state index contributed by atoms with van der Waals surface area (Å²) in [5.41, 5.74) is 0. The number of carbonyl (C=O) groups is 3. The second kappa shape index (κ2) is 65.5. The van der Waals surface area contributed by atoms with Crippen LogP contribution in [0.25, 0.3) is 0 Å². The maximum Gasteiger partial charge on any atom is 0.306 e. The molecule has 0 aliphatic rings. The standard InChI is InChI=1S/C73H116O6/c1-4-7-10-13-16-19-22-24-26-28-30-31-32-33-34-35-36-37-38-39-40-41-43-44-46-48-51-54-57-60-63-66-72(75)78-69-70(68-77-71(74)65-62-59-56-53-50-21-18-15-12-9-6-3)79-73(76)67-64-61-58-55-52-49-47-45-42-29-27-25-23-20-17-14-11-8-5-2/h7-8,10-11,15-20,24-27,30-31,33-34,36-37,39-40,42,45,49,52,70H,4-6,9,12-14,21-23,28-29,32,35,38,41,43-44,46-48,50-51,53-69H2,1-3H3/b10-7-,11-8-,18-15-,19-16-,20-17-,26-24-,27-25-,31-30-,34-33-,37-36-,40-39-,45-42-,52-49-. The first kappa shape index (κ1) is 74.0. The average Bonchev–Trinajstić information content (AvgIpc) is 3.45. The zero-order chi connectivity index (χ0) is 57.1. The summed E-state index contributed by atoms with van der Waals surface area (Å²) in [7, 11) is 0. The Hall–Kier alpha value is -4.97. The zero-order valence-electron chi connectivity index (χ0n) is 50.8. The second-order valence-electron chi connectivity index (χ2n) is 20.5. The number of hydrogen-bond donors (Lipinski definition) is 0. The molecule has 444 valence electrons. The summed E-state index contributed by atoms with van der Waals surface area (Å²) in [6, 6.07) is 0. The fourth-order valence-electron chi connectivity index (χ4n) is 8.25. The Kier molecular flexibility index (Phi) is 61.4. The van der Waals surface area contributed by atoms with Gasteiger partial charge in [-0.3, -0.25) is 14.4 Å². The van der Waals surface area contributed by atoms with E-state index in [1.165, 1.54) is 64.2 Å². The van der Waals surface area contributed by atoms with Crippen LogP contribution in [0.4, 0.5) is 0 Å². The van der Waals surface area contributed by atoms with E-state index in [0.717, 1.165) is 161 Å². The average molecular weight is 1090 g/mol. The van der Waals surface area contributed by atoms with Crippen molar-refractivity contribution in [3.63, 3.8) is 0 Å². The Labute approximate surface area is 486 Å². The second-order valence-corrected chi connectivity index (χ2v) is 20.5. The predicted molar refractivity (Wildman–Crippen MR) is 343 cm³/mol. The van der Waals surface area contributed by atoms with Crippen molar-refractivity contribution in [3.8, 4) is 0 Å². The quantitative estimate of drug-likeness (QED) is 0.0261. The molecule has 0 spiro atoms. The Morgan fingerprint density at radius 2 is 0.494 bits per heavy atom. The molecule has 0 N–H and O–H groups in total. The number of esters is 3. The van der Waals surface area contributed by atoms with Gasteiger partial charge in [0.25, 0.3) is 0 Å². The van der Waals surface area contributed by atoms with Crippen LogP contribution in [0.1, 0.15) is 265 Å². The Morgan fingerprint density at radius 1 is 0.266 bits per heavy atom. The van der Waals surface area contributed by atoms with Gasteiger partial charge in [0, 0.05) is 19.3 Å². The van der Waals surface area contributed by atoms with Gasteiger partial charge in [-0.25, -0.2) is 0 Å². The van der Waals surface area contributed by atoms with Crippen molar-refractivity contribution in [1.29, 1.82) is 0 Å². The number of unbranched alkanes of at least 4 members (excludes halogenated alkanes) is 19. The highest BCUT2D eigenvalue weighted by atomic mass is 16.6. The molecular formula is C73H116O6. The molecule has 0 aliphatic carbocycles. The molecule has 0 rings (SSSR count). The van der Waals surface area contributed by atoms with Crippen molar-refractivity contribution in [2.24, 2.45) is 0 Å². The van der Waals surface area contributed by atoms with Gasteiger partial charge in [-0.05, 0) is 141 Å². The van der Waals surface area contributed by atoms with Gasteiger partial charge in [0.05, 0.1) is 0 Å². The highest BCUT2D eigenvalue weighted by Crippen LogP contribution is 2.14. The van der Waals surface area contributed by atoms with Crippen LogP contribution in [0.5, 0.6) is 0 Å². The molecule has 0 saturated heterocycles.